The second kappa shape index (κ2) is 5.10. The first-order valence-electron chi connectivity index (χ1n) is 5.60. The van der Waals surface area contributed by atoms with E-state index in [1.54, 1.807) is 0 Å². The first-order valence-corrected chi connectivity index (χ1v) is 7.08. The lowest BCUT2D eigenvalue weighted by Crippen LogP contribution is -2.33. The van der Waals surface area contributed by atoms with Crippen molar-refractivity contribution < 1.29 is 22.7 Å². The molecule has 1 aromatic carbocycles. The van der Waals surface area contributed by atoms with Crippen molar-refractivity contribution in [1.29, 1.82) is 0 Å². The molecule has 0 fully saturated rings. The smallest absolute Gasteiger partial charge is 0.338 e. The fourth-order valence-corrected chi connectivity index (χ4v) is 3.12. The summed E-state index contributed by atoms with van der Waals surface area (Å²) in [6, 6.07) is 2.48. The maximum absolute atomic E-state index is 13.2. The van der Waals surface area contributed by atoms with Gasteiger partial charge in [0, 0.05) is 6.04 Å². The molecular weight excluding hydrogens is 273 g/mol. The number of halogens is 1. The predicted molar refractivity (Wildman–Crippen MR) is 65.8 cm³/mol. The number of hydrogen-bond acceptors (Lipinski definition) is 3. The van der Waals surface area contributed by atoms with Crippen molar-refractivity contribution in [3.05, 3.63) is 41.7 Å². The van der Waals surface area contributed by atoms with Crippen molar-refractivity contribution in [3.8, 4) is 0 Å². The number of benzene rings is 1. The van der Waals surface area contributed by atoms with Gasteiger partial charge in [-0.1, -0.05) is 12.2 Å². The highest BCUT2D eigenvalue weighted by Gasteiger charge is 2.22. The molecule has 102 valence electrons. The third kappa shape index (κ3) is 2.99. The van der Waals surface area contributed by atoms with E-state index in [-0.39, 0.29) is 10.9 Å². The minimum Gasteiger partial charge on any atom is -0.478 e. The zero-order valence-electron chi connectivity index (χ0n) is 9.84. The highest BCUT2D eigenvalue weighted by molar-refractivity contribution is 7.89. The summed E-state index contributed by atoms with van der Waals surface area (Å²) in [6.07, 6.45) is 4.90. The lowest BCUT2D eigenvalue weighted by Gasteiger charge is -2.13. The van der Waals surface area contributed by atoms with Crippen LogP contribution >= 0.6 is 0 Å². The minimum absolute atomic E-state index is 0.233. The number of carboxylic acid groups (broad SMARTS) is 1. The summed E-state index contributed by atoms with van der Waals surface area (Å²) in [5.41, 5.74) is -0.660. The Hall–Kier alpha value is -1.73. The molecule has 0 atom stereocenters. The molecule has 0 amide bonds. The van der Waals surface area contributed by atoms with Crippen LogP contribution in [0.25, 0.3) is 0 Å². The molecule has 0 heterocycles. The Morgan fingerprint density at radius 3 is 2.53 bits per heavy atom. The summed E-state index contributed by atoms with van der Waals surface area (Å²) < 4.78 is 39.7. The molecule has 2 rings (SSSR count). The molecule has 0 unspecified atom stereocenters. The lowest BCUT2D eigenvalue weighted by molar-refractivity contribution is 0.0691. The SMILES string of the molecule is O=C(O)c1cc(S(=O)(=O)NC2CC=CC2)ccc1F. The third-order valence-corrected chi connectivity index (χ3v) is 4.33. The van der Waals surface area contributed by atoms with Crippen molar-refractivity contribution >= 4 is 16.0 Å². The van der Waals surface area contributed by atoms with E-state index in [9.17, 15) is 17.6 Å². The summed E-state index contributed by atoms with van der Waals surface area (Å²) in [6.45, 7) is 0. The molecule has 0 radical (unpaired) electrons. The topological polar surface area (TPSA) is 83.5 Å². The largest absolute Gasteiger partial charge is 0.478 e. The van der Waals surface area contributed by atoms with E-state index in [4.69, 9.17) is 5.11 Å². The van der Waals surface area contributed by atoms with Crippen LogP contribution in [0.3, 0.4) is 0 Å². The number of sulfonamides is 1. The van der Waals surface area contributed by atoms with E-state index in [1.165, 1.54) is 0 Å². The molecule has 7 heteroatoms. The number of carbonyl (C=O) groups is 1. The van der Waals surface area contributed by atoms with Gasteiger partial charge in [-0.2, -0.15) is 0 Å². The van der Waals surface area contributed by atoms with Gasteiger partial charge in [-0.05, 0) is 31.0 Å². The number of hydrogen-bond donors (Lipinski definition) is 2. The van der Waals surface area contributed by atoms with E-state index in [1.807, 2.05) is 12.2 Å². The summed E-state index contributed by atoms with van der Waals surface area (Å²) >= 11 is 0. The van der Waals surface area contributed by atoms with E-state index in [0.29, 0.717) is 12.8 Å². The molecule has 19 heavy (non-hydrogen) atoms. The maximum atomic E-state index is 13.2. The van der Waals surface area contributed by atoms with Crippen LogP contribution in [0, 0.1) is 5.82 Å². The predicted octanol–water partition coefficient (Wildman–Crippen LogP) is 1.52. The molecule has 5 nitrogen and oxygen atoms in total. The second-order valence-corrected chi connectivity index (χ2v) is 5.92. The van der Waals surface area contributed by atoms with E-state index in [2.05, 4.69) is 4.72 Å². The average Bonchev–Trinajstić information content (AvgIpc) is 2.80. The molecular formula is C12H12FNO4S. The molecule has 0 saturated carbocycles. The molecule has 0 spiro atoms. The highest BCUT2D eigenvalue weighted by Crippen LogP contribution is 2.18. The quantitative estimate of drug-likeness (QED) is 0.822. The number of rotatable bonds is 4. The summed E-state index contributed by atoms with van der Waals surface area (Å²) in [5.74, 6) is -2.47. The van der Waals surface area contributed by atoms with Gasteiger partial charge in [-0.25, -0.2) is 22.3 Å². The highest BCUT2D eigenvalue weighted by atomic mass is 32.2. The Bertz CT molecular complexity index is 631. The fraction of sp³-hybridized carbons (Fsp3) is 0.250. The molecule has 0 aliphatic heterocycles. The molecule has 2 N–H and O–H groups in total. The Labute approximate surface area is 109 Å². The number of nitrogens with one attached hydrogen (secondary N) is 1. The Kier molecular flexibility index (Phi) is 3.68. The lowest BCUT2D eigenvalue weighted by atomic mass is 10.2. The van der Waals surface area contributed by atoms with E-state index < -0.39 is 27.4 Å². The zero-order valence-corrected chi connectivity index (χ0v) is 10.7. The van der Waals surface area contributed by atoms with Crippen molar-refractivity contribution in [3.63, 3.8) is 0 Å². The van der Waals surface area contributed by atoms with Crippen LogP contribution in [0.15, 0.2) is 35.2 Å². The minimum atomic E-state index is -3.84. The van der Waals surface area contributed by atoms with Crippen molar-refractivity contribution in [2.75, 3.05) is 0 Å². The van der Waals surface area contributed by atoms with Gasteiger partial charge >= 0.3 is 5.97 Å². The van der Waals surface area contributed by atoms with Crippen molar-refractivity contribution in [1.82, 2.24) is 4.72 Å². The first-order chi connectivity index (χ1) is 8.90. The van der Waals surface area contributed by atoms with Crippen LogP contribution in [-0.2, 0) is 10.0 Å². The van der Waals surface area contributed by atoms with Crippen molar-refractivity contribution in [2.24, 2.45) is 0 Å². The average molecular weight is 285 g/mol. The van der Waals surface area contributed by atoms with E-state index in [0.717, 1.165) is 18.2 Å². The summed E-state index contributed by atoms with van der Waals surface area (Å²) in [4.78, 5) is 10.5. The Morgan fingerprint density at radius 2 is 1.95 bits per heavy atom. The monoisotopic (exact) mass is 285 g/mol. The van der Waals surface area contributed by atoms with Gasteiger partial charge in [-0.3, -0.25) is 0 Å². The van der Waals surface area contributed by atoms with Gasteiger partial charge in [0.25, 0.3) is 0 Å². The molecule has 0 bridgehead atoms. The fourth-order valence-electron chi connectivity index (χ4n) is 1.84. The molecule has 0 saturated heterocycles. The van der Waals surface area contributed by atoms with Gasteiger partial charge in [0.1, 0.15) is 5.82 Å². The van der Waals surface area contributed by atoms with Crippen LogP contribution in [0.5, 0.6) is 0 Å². The van der Waals surface area contributed by atoms with Gasteiger partial charge in [0.2, 0.25) is 10.0 Å². The van der Waals surface area contributed by atoms with Crippen LogP contribution in [-0.4, -0.2) is 25.5 Å². The van der Waals surface area contributed by atoms with Gasteiger partial charge < -0.3 is 5.11 Å². The first kappa shape index (κ1) is 13.7. The van der Waals surface area contributed by atoms with Crippen LogP contribution < -0.4 is 4.72 Å². The Balaban J connectivity index is 2.29. The van der Waals surface area contributed by atoms with Gasteiger partial charge in [0.05, 0.1) is 10.5 Å². The Morgan fingerprint density at radius 1 is 1.32 bits per heavy atom. The standard InChI is InChI=1S/C12H12FNO4S/c13-11-6-5-9(7-10(11)12(15)16)19(17,18)14-8-3-1-2-4-8/h1-2,5-8,14H,3-4H2,(H,15,16). The molecule has 1 aliphatic carbocycles. The summed E-state index contributed by atoms with van der Waals surface area (Å²) in [5, 5.41) is 8.77. The normalized spacial score (nSPS) is 15.8. The number of aromatic carboxylic acids is 1. The molecule has 1 aliphatic rings. The van der Waals surface area contributed by atoms with Crippen LogP contribution in [0.2, 0.25) is 0 Å². The molecule has 1 aromatic rings. The van der Waals surface area contributed by atoms with Crippen molar-refractivity contribution in [2.45, 2.75) is 23.8 Å². The molecule has 0 aromatic heterocycles. The van der Waals surface area contributed by atoms with Gasteiger partial charge in [-0.15, -0.1) is 0 Å². The second-order valence-electron chi connectivity index (χ2n) is 4.21. The third-order valence-electron chi connectivity index (χ3n) is 2.81. The van der Waals surface area contributed by atoms with E-state index >= 15 is 0 Å². The van der Waals surface area contributed by atoms with Crippen LogP contribution in [0.4, 0.5) is 4.39 Å². The van der Waals surface area contributed by atoms with Gasteiger partial charge in [0.15, 0.2) is 0 Å². The maximum Gasteiger partial charge on any atom is 0.338 e. The van der Waals surface area contributed by atoms with Crippen LogP contribution in [0.1, 0.15) is 23.2 Å². The summed E-state index contributed by atoms with van der Waals surface area (Å²) in [7, 11) is -3.84. The number of carboxylic acids is 1. The zero-order chi connectivity index (χ0) is 14.0.